The predicted octanol–water partition coefficient (Wildman–Crippen LogP) is 3.25. The standard InChI is InChI=1S/C23H18FN3O4/c1-31-18-3-2-16(24)12-17(18)21(28)19-20(15-6-10-26-11-7-15)27(23(30)22(19)29)13-14-4-8-25-9-5-14/h2-12,20,28H,13H2,1H3/b21-19+. The number of ether oxygens (including phenoxy) is 1. The minimum Gasteiger partial charge on any atom is -0.507 e. The fourth-order valence-electron chi connectivity index (χ4n) is 3.63. The molecule has 31 heavy (non-hydrogen) atoms. The Balaban J connectivity index is 1.90. The van der Waals surface area contributed by atoms with Gasteiger partial charge in [-0.2, -0.15) is 0 Å². The second-order valence-electron chi connectivity index (χ2n) is 6.91. The first kappa shape index (κ1) is 20.2. The number of carbonyl (C=O) groups is 2. The molecule has 1 N–H and O–H groups in total. The van der Waals surface area contributed by atoms with E-state index in [1.807, 2.05) is 0 Å². The molecule has 1 aliphatic heterocycles. The van der Waals surface area contributed by atoms with Gasteiger partial charge in [-0.1, -0.05) is 0 Å². The van der Waals surface area contributed by atoms with E-state index < -0.39 is 29.3 Å². The fraction of sp³-hybridized carbons (Fsp3) is 0.130. The molecule has 0 radical (unpaired) electrons. The fourth-order valence-corrected chi connectivity index (χ4v) is 3.63. The van der Waals surface area contributed by atoms with Gasteiger partial charge < -0.3 is 14.7 Å². The maximum atomic E-state index is 13.9. The summed E-state index contributed by atoms with van der Waals surface area (Å²) in [7, 11) is 1.37. The zero-order valence-electron chi connectivity index (χ0n) is 16.5. The number of hydrogen-bond acceptors (Lipinski definition) is 6. The van der Waals surface area contributed by atoms with Crippen LogP contribution in [0.1, 0.15) is 22.7 Å². The smallest absolute Gasteiger partial charge is 0.295 e. The van der Waals surface area contributed by atoms with E-state index in [1.165, 1.54) is 36.5 Å². The molecule has 8 heteroatoms. The van der Waals surface area contributed by atoms with E-state index in [9.17, 15) is 19.1 Å². The van der Waals surface area contributed by atoms with Crippen molar-refractivity contribution in [1.29, 1.82) is 0 Å². The summed E-state index contributed by atoms with van der Waals surface area (Å²) < 4.78 is 19.1. The van der Waals surface area contributed by atoms with Gasteiger partial charge in [-0.25, -0.2) is 4.39 Å². The number of aliphatic hydroxyl groups excluding tert-OH is 1. The van der Waals surface area contributed by atoms with E-state index in [0.29, 0.717) is 5.56 Å². The highest BCUT2D eigenvalue weighted by Gasteiger charge is 2.46. The van der Waals surface area contributed by atoms with Crippen LogP contribution in [0.25, 0.3) is 5.76 Å². The van der Waals surface area contributed by atoms with Crippen LogP contribution in [0.3, 0.4) is 0 Å². The molecule has 2 aromatic heterocycles. The van der Waals surface area contributed by atoms with Gasteiger partial charge in [0.1, 0.15) is 17.3 Å². The summed E-state index contributed by atoms with van der Waals surface area (Å²) in [6.45, 7) is 0.122. The normalized spacial score (nSPS) is 17.7. The van der Waals surface area contributed by atoms with Crippen LogP contribution in [-0.4, -0.2) is 38.8 Å². The molecule has 0 saturated carbocycles. The maximum absolute atomic E-state index is 13.9. The van der Waals surface area contributed by atoms with Gasteiger partial charge in [0, 0.05) is 31.3 Å². The number of Topliss-reactive ketones (excluding diaryl/α,β-unsaturated/α-hetero) is 1. The molecule has 3 aromatic rings. The Morgan fingerprint density at radius 1 is 1.06 bits per heavy atom. The van der Waals surface area contributed by atoms with Crippen molar-refractivity contribution < 1.29 is 23.8 Å². The first-order valence-electron chi connectivity index (χ1n) is 9.42. The molecule has 1 amide bonds. The Morgan fingerprint density at radius 3 is 2.35 bits per heavy atom. The number of hydrogen-bond donors (Lipinski definition) is 1. The summed E-state index contributed by atoms with van der Waals surface area (Å²) in [6, 6.07) is 9.49. The van der Waals surface area contributed by atoms with Crippen LogP contribution in [0.2, 0.25) is 0 Å². The summed E-state index contributed by atoms with van der Waals surface area (Å²) in [5.74, 6) is -2.58. The maximum Gasteiger partial charge on any atom is 0.295 e. The van der Waals surface area contributed by atoms with Gasteiger partial charge in [0.25, 0.3) is 11.7 Å². The molecule has 1 saturated heterocycles. The van der Waals surface area contributed by atoms with Crippen LogP contribution >= 0.6 is 0 Å². The van der Waals surface area contributed by atoms with Gasteiger partial charge in [0.15, 0.2) is 0 Å². The number of pyridine rings is 2. The largest absolute Gasteiger partial charge is 0.507 e. The number of halogens is 1. The summed E-state index contributed by atoms with van der Waals surface area (Å²) in [5, 5.41) is 11.1. The third-order valence-electron chi connectivity index (χ3n) is 5.08. The number of methoxy groups -OCH3 is 1. The molecule has 156 valence electrons. The molecule has 0 aliphatic carbocycles. The van der Waals surface area contributed by atoms with Crippen molar-refractivity contribution in [3.63, 3.8) is 0 Å². The summed E-state index contributed by atoms with van der Waals surface area (Å²) in [6.07, 6.45) is 6.24. The van der Waals surface area contributed by atoms with Crippen molar-refractivity contribution in [1.82, 2.24) is 14.9 Å². The Hall–Kier alpha value is -4.07. The van der Waals surface area contributed by atoms with Gasteiger partial charge in [0.05, 0.1) is 24.3 Å². The number of benzene rings is 1. The van der Waals surface area contributed by atoms with E-state index in [0.717, 1.165) is 11.6 Å². The van der Waals surface area contributed by atoms with Gasteiger partial charge >= 0.3 is 0 Å². The van der Waals surface area contributed by atoms with Crippen LogP contribution in [0, 0.1) is 5.82 Å². The number of rotatable bonds is 5. The van der Waals surface area contributed by atoms with Crippen molar-refractivity contribution in [2.24, 2.45) is 0 Å². The second-order valence-corrected chi connectivity index (χ2v) is 6.91. The highest BCUT2D eigenvalue weighted by molar-refractivity contribution is 6.46. The second kappa shape index (κ2) is 8.35. The van der Waals surface area contributed by atoms with Gasteiger partial charge in [-0.15, -0.1) is 0 Å². The number of aliphatic hydroxyl groups is 1. The zero-order chi connectivity index (χ0) is 22.0. The van der Waals surface area contributed by atoms with Crippen LogP contribution in [0.4, 0.5) is 4.39 Å². The van der Waals surface area contributed by atoms with Crippen molar-refractivity contribution in [2.45, 2.75) is 12.6 Å². The molecule has 1 fully saturated rings. The molecule has 4 rings (SSSR count). The molecule has 0 bridgehead atoms. The lowest BCUT2D eigenvalue weighted by atomic mass is 9.95. The topological polar surface area (TPSA) is 92.6 Å². The molecular weight excluding hydrogens is 401 g/mol. The molecule has 1 aromatic carbocycles. The number of likely N-dealkylation sites (tertiary alicyclic amines) is 1. The molecule has 1 atom stereocenters. The first-order valence-corrected chi connectivity index (χ1v) is 9.42. The SMILES string of the molecule is COc1ccc(F)cc1/C(O)=C1\C(=O)C(=O)N(Cc2ccncc2)C1c1ccncc1. The third kappa shape index (κ3) is 3.75. The number of carbonyl (C=O) groups excluding carboxylic acids is 2. The van der Waals surface area contributed by atoms with Gasteiger partial charge in [-0.3, -0.25) is 19.6 Å². The van der Waals surface area contributed by atoms with Gasteiger partial charge in [-0.05, 0) is 53.6 Å². The number of nitrogens with zero attached hydrogens (tertiary/aromatic N) is 3. The van der Waals surface area contributed by atoms with Crippen molar-refractivity contribution in [3.8, 4) is 5.75 Å². The van der Waals surface area contributed by atoms with Crippen LogP contribution < -0.4 is 4.74 Å². The minimum absolute atomic E-state index is 0.0107. The van der Waals surface area contributed by atoms with E-state index in [-0.39, 0.29) is 23.4 Å². The van der Waals surface area contributed by atoms with Crippen LogP contribution in [0.5, 0.6) is 5.75 Å². The Morgan fingerprint density at radius 2 is 1.71 bits per heavy atom. The summed E-state index contributed by atoms with van der Waals surface area (Å²) in [5.41, 5.74) is 1.19. The Kier molecular flexibility index (Phi) is 5.44. The first-order chi connectivity index (χ1) is 15.0. The minimum atomic E-state index is -0.885. The highest BCUT2D eigenvalue weighted by Crippen LogP contribution is 2.41. The lowest BCUT2D eigenvalue weighted by molar-refractivity contribution is -0.140. The van der Waals surface area contributed by atoms with E-state index >= 15 is 0 Å². The summed E-state index contributed by atoms with van der Waals surface area (Å²) >= 11 is 0. The Bertz CT molecular complexity index is 1170. The quantitative estimate of drug-likeness (QED) is 0.388. The molecule has 1 unspecified atom stereocenters. The molecular formula is C23H18FN3O4. The van der Waals surface area contributed by atoms with E-state index in [2.05, 4.69) is 9.97 Å². The third-order valence-corrected chi connectivity index (χ3v) is 5.08. The van der Waals surface area contributed by atoms with Crippen molar-refractivity contribution in [2.75, 3.05) is 7.11 Å². The Labute approximate surface area is 177 Å². The molecule has 3 heterocycles. The highest BCUT2D eigenvalue weighted by atomic mass is 19.1. The predicted molar refractivity (Wildman–Crippen MR) is 109 cm³/mol. The van der Waals surface area contributed by atoms with Crippen LogP contribution in [-0.2, 0) is 16.1 Å². The average Bonchev–Trinajstić information content (AvgIpc) is 3.04. The number of aromatic nitrogens is 2. The van der Waals surface area contributed by atoms with Gasteiger partial charge in [0.2, 0.25) is 0 Å². The van der Waals surface area contributed by atoms with E-state index in [4.69, 9.17) is 4.74 Å². The van der Waals surface area contributed by atoms with Crippen molar-refractivity contribution in [3.05, 3.63) is 95.3 Å². The molecule has 7 nitrogen and oxygen atoms in total. The number of ketones is 1. The summed E-state index contributed by atoms with van der Waals surface area (Å²) in [4.78, 5) is 35.3. The lowest BCUT2D eigenvalue weighted by Crippen LogP contribution is -2.29. The monoisotopic (exact) mass is 419 g/mol. The zero-order valence-corrected chi connectivity index (χ0v) is 16.5. The van der Waals surface area contributed by atoms with E-state index in [1.54, 1.807) is 36.7 Å². The lowest BCUT2D eigenvalue weighted by Gasteiger charge is -2.25. The van der Waals surface area contributed by atoms with Crippen LogP contribution in [0.15, 0.2) is 72.8 Å². The average molecular weight is 419 g/mol. The van der Waals surface area contributed by atoms with Crippen molar-refractivity contribution >= 4 is 17.4 Å². The number of amides is 1. The molecule has 1 aliphatic rings. The molecule has 0 spiro atoms.